The topological polar surface area (TPSA) is 115 Å². The summed E-state index contributed by atoms with van der Waals surface area (Å²) in [6.07, 6.45) is 5.55. The van der Waals surface area contributed by atoms with Crippen molar-refractivity contribution in [1.82, 2.24) is 4.72 Å². The Kier molecular flexibility index (Phi) is 4.79. The normalized spacial score (nSPS) is 16.8. The average Bonchev–Trinajstić information content (AvgIpc) is 2.46. The van der Waals surface area contributed by atoms with Gasteiger partial charge in [0.05, 0.1) is 9.82 Å². The van der Waals surface area contributed by atoms with Gasteiger partial charge in [-0.05, 0) is 30.9 Å². The van der Waals surface area contributed by atoms with Crippen LogP contribution in [0.25, 0.3) is 0 Å². The largest absolute Gasteiger partial charge is 0.393 e. The van der Waals surface area contributed by atoms with Gasteiger partial charge in [0.1, 0.15) is 5.69 Å². The van der Waals surface area contributed by atoms with Gasteiger partial charge in [0.15, 0.2) is 0 Å². The molecule has 0 unspecified atom stereocenters. The molecular formula is C13H19N3O4S. The smallest absolute Gasteiger partial charge is 0.292 e. The van der Waals surface area contributed by atoms with Crippen LogP contribution in [0.15, 0.2) is 23.1 Å². The standard InChI is InChI=1S/C13H19N3O4S/c14-12-8-11(6-7-13(12)16(17)18)21(19,20)15-9-10-4-2-1-3-5-10/h6-8,10,15H,1-5,9,14H2. The summed E-state index contributed by atoms with van der Waals surface area (Å²) in [5.41, 5.74) is 5.08. The molecule has 1 aliphatic rings. The average molecular weight is 313 g/mol. The van der Waals surface area contributed by atoms with Crippen LogP contribution in [-0.4, -0.2) is 19.9 Å². The molecule has 0 radical (unpaired) electrons. The number of sulfonamides is 1. The maximum Gasteiger partial charge on any atom is 0.292 e. The van der Waals surface area contributed by atoms with Crippen LogP contribution in [-0.2, 0) is 10.0 Å². The van der Waals surface area contributed by atoms with Gasteiger partial charge in [0.25, 0.3) is 5.69 Å². The Bertz CT molecular complexity index is 624. The van der Waals surface area contributed by atoms with E-state index < -0.39 is 14.9 Å². The minimum atomic E-state index is -3.68. The molecule has 0 aromatic heterocycles. The van der Waals surface area contributed by atoms with E-state index in [2.05, 4.69) is 4.72 Å². The van der Waals surface area contributed by atoms with Gasteiger partial charge in [-0.2, -0.15) is 0 Å². The molecule has 0 heterocycles. The summed E-state index contributed by atoms with van der Waals surface area (Å²) in [5, 5.41) is 10.7. The second kappa shape index (κ2) is 6.40. The number of nitrogen functional groups attached to an aromatic ring is 1. The molecule has 0 aliphatic heterocycles. The summed E-state index contributed by atoms with van der Waals surface area (Å²) in [4.78, 5) is 10.00. The number of nitrogens with one attached hydrogen (secondary N) is 1. The molecule has 0 saturated heterocycles. The quantitative estimate of drug-likeness (QED) is 0.490. The van der Waals surface area contributed by atoms with Gasteiger partial charge >= 0.3 is 0 Å². The number of nitro groups is 1. The van der Waals surface area contributed by atoms with Crippen molar-refractivity contribution in [2.75, 3.05) is 12.3 Å². The first-order chi connectivity index (χ1) is 9.90. The maximum absolute atomic E-state index is 12.2. The lowest BCUT2D eigenvalue weighted by molar-refractivity contribution is -0.383. The number of hydrogen-bond donors (Lipinski definition) is 2. The van der Waals surface area contributed by atoms with Crippen molar-refractivity contribution in [3.63, 3.8) is 0 Å². The number of benzene rings is 1. The molecule has 7 nitrogen and oxygen atoms in total. The molecule has 0 amide bonds. The van der Waals surface area contributed by atoms with Crippen molar-refractivity contribution in [3.8, 4) is 0 Å². The Morgan fingerprint density at radius 1 is 1.29 bits per heavy atom. The molecule has 2 rings (SSSR count). The lowest BCUT2D eigenvalue weighted by Crippen LogP contribution is -2.30. The Labute approximate surface area is 123 Å². The van der Waals surface area contributed by atoms with Gasteiger partial charge in [-0.3, -0.25) is 10.1 Å². The van der Waals surface area contributed by atoms with Crippen molar-refractivity contribution in [2.45, 2.75) is 37.0 Å². The summed E-state index contributed by atoms with van der Waals surface area (Å²) in [5.74, 6) is 0.365. The van der Waals surface area contributed by atoms with Crippen LogP contribution in [0.1, 0.15) is 32.1 Å². The third-order valence-corrected chi connectivity index (χ3v) is 5.21. The lowest BCUT2D eigenvalue weighted by atomic mass is 9.90. The van der Waals surface area contributed by atoms with Crippen LogP contribution < -0.4 is 10.5 Å². The fourth-order valence-corrected chi connectivity index (χ4v) is 3.72. The minimum absolute atomic E-state index is 0.0404. The van der Waals surface area contributed by atoms with Crippen LogP contribution in [0.3, 0.4) is 0 Å². The van der Waals surface area contributed by atoms with Crippen molar-refractivity contribution in [2.24, 2.45) is 5.92 Å². The summed E-state index contributed by atoms with van der Waals surface area (Å²) < 4.78 is 26.9. The van der Waals surface area contributed by atoms with E-state index in [4.69, 9.17) is 5.73 Å². The van der Waals surface area contributed by atoms with Gasteiger partial charge in [0, 0.05) is 12.6 Å². The molecule has 0 atom stereocenters. The van der Waals surface area contributed by atoms with E-state index in [1.807, 2.05) is 0 Å². The fourth-order valence-electron chi connectivity index (χ4n) is 2.57. The Morgan fingerprint density at radius 2 is 1.95 bits per heavy atom. The monoisotopic (exact) mass is 313 g/mol. The van der Waals surface area contributed by atoms with Crippen LogP contribution in [0.2, 0.25) is 0 Å². The van der Waals surface area contributed by atoms with Crippen LogP contribution in [0.4, 0.5) is 11.4 Å². The Hall–Kier alpha value is -1.67. The molecule has 1 aliphatic carbocycles. The van der Waals surface area contributed by atoms with Crippen molar-refractivity contribution < 1.29 is 13.3 Å². The lowest BCUT2D eigenvalue weighted by Gasteiger charge is -2.21. The van der Waals surface area contributed by atoms with Crippen molar-refractivity contribution in [1.29, 1.82) is 0 Å². The Balaban J connectivity index is 2.08. The van der Waals surface area contributed by atoms with E-state index >= 15 is 0 Å². The van der Waals surface area contributed by atoms with E-state index in [9.17, 15) is 18.5 Å². The van der Waals surface area contributed by atoms with Crippen LogP contribution >= 0.6 is 0 Å². The SMILES string of the molecule is Nc1cc(S(=O)(=O)NCC2CCCCC2)ccc1[N+](=O)[O-]. The number of nitro benzene ring substituents is 1. The number of nitrogens with zero attached hydrogens (tertiary/aromatic N) is 1. The summed E-state index contributed by atoms with van der Waals surface area (Å²) >= 11 is 0. The first kappa shape index (κ1) is 15.7. The molecule has 116 valence electrons. The molecule has 8 heteroatoms. The zero-order chi connectivity index (χ0) is 15.5. The van der Waals surface area contributed by atoms with Gasteiger partial charge < -0.3 is 5.73 Å². The van der Waals surface area contributed by atoms with Gasteiger partial charge in [-0.15, -0.1) is 0 Å². The van der Waals surface area contributed by atoms with E-state index in [0.717, 1.165) is 37.8 Å². The molecule has 1 fully saturated rings. The van der Waals surface area contributed by atoms with Crippen molar-refractivity contribution in [3.05, 3.63) is 28.3 Å². The van der Waals surface area contributed by atoms with E-state index in [-0.39, 0.29) is 16.3 Å². The summed E-state index contributed by atoms with van der Waals surface area (Å²) in [6, 6.07) is 3.45. The summed E-state index contributed by atoms with van der Waals surface area (Å²) in [6.45, 7) is 0.402. The molecule has 1 saturated carbocycles. The number of nitrogens with two attached hydrogens (primary N) is 1. The van der Waals surface area contributed by atoms with Crippen LogP contribution in [0.5, 0.6) is 0 Å². The number of hydrogen-bond acceptors (Lipinski definition) is 5. The third kappa shape index (κ3) is 3.92. The molecule has 0 bridgehead atoms. The fraction of sp³-hybridized carbons (Fsp3) is 0.538. The number of anilines is 1. The Morgan fingerprint density at radius 3 is 2.52 bits per heavy atom. The molecule has 3 N–H and O–H groups in total. The van der Waals surface area contributed by atoms with E-state index in [0.29, 0.717) is 12.5 Å². The minimum Gasteiger partial charge on any atom is -0.393 e. The maximum atomic E-state index is 12.2. The second-order valence-corrected chi connectivity index (χ2v) is 7.10. The number of rotatable bonds is 5. The van der Waals surface area contributed by atoms with Crippen molar-refractivity contribution >= 4 is 21.4 Å². The molecule has 0 spiro atoms. The highest BCUT2D eigenvalue weighted by molar-refractivity contribution is 7.89. The first-order valence-electron chi connectivity index (χ1n) is 6.94. The zero-order valence-electron chi connectivity index (χ0n) is 11.6. The highest BCUT2D eigenvalue weighted by Gasteiger charge is 2.21. The van der Waals surface area contributed by atoms with E-state index in [1.165, 1.54) is 12.5 Å². The molecule has 1 aromatic rings. The zero-order valence-corrected chi connectivity index (χ0v) is 12.4. The van der Waals surface area contributed by atoms with Crippen LogP contribution in [0, 0.1) is 16.0 Å². The summed E-state index contributed by atoms with van der Waals surface area (Å²) in [7, 11) is -3.68. The predicted molar refractivity (Wildman–Crippen MR) is 79.3 cm³/mol. The predicted octanol–water partition coefficient (Wildman–Crippen LogP) is 2.04. The van der Waals surface area contributed by atoms with Gasteiger partial charge in [0.2, 0.25) is 10.0 Å². The van der Waals surface area contributed by atoms with Gasteiger partial charge in [-0.25, -0.2) is 13.1 Å². The highest BCUT2D eigenvalue weighted by Crippen LogP contribution is 2.26. The second-order valence-electron chi connectivity index (χ2n) is 5.33. The van der Waals surface area contributed by atoms with Gasteiger partial charge in [-0.1, -0.05) is 19.3 Å². The third-order valence-electron chi connectivity index (χ3n) is 3.79. The highest BCUT2D eigenvalue weighted by atomic mass is 32.2. The molecular weight excluding hydrogens is 294 g/mol. The first-order valence-corrected chi connectivity index (χ1v) is 8.42. The molecule has 21 heavy (non-hydrogen) atoms. The molecule has 1 aromatic carbocycles. The van der Waals surface area contributed by atoms with E-state index in [1.54, 1.807) is 0 Å².